The predicted molar refractivity (Wildman–Crippen MR) is 98.4 cm³/mol. The van der Waals surface area contributed by atoms with E-state index in [1.54, 1.807) is 13.4 Å². The number of aromatic nitrogens is 3. The van der Waals surface area contributed by atoms with Crippen LogP contribution in [0, 0.1) is 6.92 Å². The lowest BCUT2D eigenvalue weighted by Gasteiger charge is -2.09. The second kappa shape index (κ2) is 7.85. The van der Waals surface area contributed by atoms with Crippen molar-refractivity contribution in [2.45, 2.75) is 12.1 Å². The van der Waals surface area contributed by atoms with E-state index in [-0.39, 0.29) is 11.7 Å². The zero-order valence-corrected chi connectivity index (χ0v) is 14.8. The first-order valence-corrected chi connectivity index (χ1v) is 8.68. The number of anilines is 1. The Morgan fingerprint density at radius 3 is 2.68 bits per heavy atom. The van der Waals surface area contributed by atoms with Crippen molar-refractivity contribution in [3.8, 4) is 11.4 Å². The largest absolute Gasteiger partial charge is 0.497 e. The van der Waals surface area contributed by atoms with Crippen molar-refractivity contribution < 1.29 is 9.53 Å². The number of benzene rings is 2. The summed E-state index contributed by atoms with van der Waals surface area (Å²) in [5, 5.41) is 11.6. The Kier molecular flexibility index (Phi) is 5.35. The fourth-order valence-electron chi connectivity index (χ4n) is 2.27. The number of para-hydroxylation sites is 1. The molecular weight excluding hydrogens is 336 g/mol. The van der Waals surface area contributed by atoms with E-state index < -0.39 is 0 Å². The van der Waals surface area contributed by atoms with Gasteiger partial charge < -0.3 is 10.1 Å². The highest BCUT2D eigenvalue weighted by Crippen LogP contribution is 2.22. The summed E-state index contributed by atoms with van der Waals surface area (Å²) in [7, 11) is 1.63. The second-order valence-electron chi connectivity index (χ2n) is 5.33. The molecule has 0 saturated heterocycles. The van der Waals surface area contributed by atoms with E-state index in [9.17, 15) is 4.79 Å². The highest BCUT2D eigenvalue weighted by atomic mass is 32.2. The highest BCUT2D eigenvalue weighted by Gasteiger charge is 2.11. The van der Waals surface area contributed by atoms with Crippen LogP contribution < -0.4 is 10.1 Å². The first kappa shape index (κ1) is 17.0. The molecule has 7 heteroatoms. The standard InChI is InChI=1S/C18H18N4O2S/c1-13-5-3-4-6-16(13)20-17(23)11-25-18-21-19-12-22(18)14-7-9-15(24-2)10-8-14/h3-10,12H,11H2,1-2H3,(H,20,23). The molecule has 1 N–H and O–H groups in total. The van der Waals surface area contributed by atoms with E-state index in [4.69, 9.17) is 4.74 Å². The monoisotopic (exact) mass is 354 g/mol. The van der Waals surface area contributed by atoms with Crippen molar-refractivity contribution in [2.75, 3.05) is 18.2 Å². The fourth-order valence-corrected chi connectivity index (χ4v) is 3.00. The number of methoxy groups -OCH3 is 1. The third kappa shape index (κ3) is 4.19. The van der Waals surface area contributed by atoms with E-state index in [0.29, 0.717) is 5.16 Å². The minimum atomic E-state index is -0.0800. The van der Waals surface area contributed by atoms with Crippen molar-refractivity contribution in [3.05, 3.63) is 60.4 Å². The summed E-state index contributed by atoms with van der Waals surface area (Å²) in [6.45, 7) is 1.96. The van der Waals surface area contributed by atoms with E-state index in [2.05, 4.69) is 15.5 Å². The summed E-state index contributed by atoms with van der Waals surface area (Å²) >= 11 is 1.34. The predicted octanol–water partition coefficient (Wildman–Crippen LogP) is 3.32. The van der Waals surface area contributed by atoms with Gasteiger partial charge in [0.15, 0.2) is 5.16 Å². The van der Waals surface area contributed by atoms with Gasteiger partial charge in [-0.15, -0.1) is 10.2 Å². The molecule has 0 radical (unpaired) electrons. The van der Waals surface area contributed by atoms with Gasteiger partial charge in [0.1, 0.15) is 12.1 Å². The van der Waals surface area contributed by atoms with E-state index >= 15 is 0 Å². The van der Waals surface area contributed by atoms with Crippen LogP contribution in [-0.2, 0) is 4.79 Å². The first-order chi connectivity index (χ1) is 12.2. The van der Waals surface area contributed by atoms with Gasteiger partial charge in [-0.2, -0.15) is 0 Å². The zero-order chi connectivity index (χ0) is 17.6. The number of nitrogens with one attached hydrogen (secondary N) is 1. The van der Waals surface area contributed by atoms with Crippen molar-refractivity contribution >= 4 is 23.4 Å². The van der Waals surface area contributed by atoms with E-state index in [0.717, 1.165) is 22.7 Å². The molecule has 0 fully saturated rings. The molecule has 0 aliphatic heterocycles. The fraction of sp³-hybridized carbons (Fsp3) is 0.167. The van der Waals surface area contributed by atoms with Crippen LogP contribution in [0.2, 0.25) is 0 Å². The molecule has 1 aromatic heterocycles. The molecule has 0 aliphatic carbocycles. The van der Waals surface area contributed by atoms with Gasteiger partial charge in [-0.25, -0.2) is 0 Å². The summed E-state index contributed by atoms with van der Waals surface area (Å²) in [5.41, 5.74) is 2.76. The Hall–Kier alpha value is -2.80. The molecule has 128 valence electrons. The van der Waals surface area contributed by atoms with Gasteiger partial charge in [0.05, 0.1) is 12.9 Å². The summed E-state index contributed by atoms with van der Waals surface area (Å²) in [4.78, 5) is 12.2. The number of carbonyl (C=O) groups is 1. The molecule has 2 aromatic carbocycles. The molecule has 0 saturated carbocycles. The smallest absolute Gasteiger partial charge is 0.234 e. The molecule has 25 heavy (non-hydrogen) atoms. The summed E-state index contributed by atoms with van der Waals surface area (Å²) in [6.07, 6.45) is 1.63. The maximum absolute atomic E-state index is 12.2. The van der Waals surface area contributed by atoms with E-state index in [1.165, 1.54) is 11.8 Å². The van der Waals surface area contributed by atoms with Gasteiger partial charge in [-0.1, -0.05) is 30.0 Å². The van der Waals surface area contributed by atoms with Gasteiger partial charge in [-0.3, -0.25) is 9.36 Å². The van der Waals surface area contributed by atoms with Crippen LogP contribution in [0.3, 0.4) is 0 Å². The van der Waals surface area contributed by atoms with Crippen LogP contribution in [-0.4, -0.2) is 33.5 Å². The first-order valence-electron chi connectivity index (χ1n) is 7.70. The molecule has 0 unspecified atom stereocenters. The molecule has 1 heterocycles. The molecule has 0 aliphatic rings. The average Bonchev–Trinajstić information content (AvgIpc) is 3.10. The van der Waals surface area contributed by atoms with Crippen LogP contribution in [0.15, 0.2) is 60.0 Å². The van der Waals surface area contributed by atoms with Gasteiger partial charge >= 0.3 is 0 Å². The molecule has 3 rings (SSSR count). The highest BCUT2D eigenvalue weighted by molar-refractivity contribution is 7.99. The number of nitrogens with zero attached hydrogens (tertiary/aromatic N) is 3. The number of carbonyl (C=O) groups excluding carboxylic acids is 1. The zero-order valence-electron chi connectivity index (χ0n) is 14.0. The normalized spacial score (nSPS) is 10.5. The summed E-state index contributed by atoms with van der Waals surface area (Å²) in [5.74, 6) is 0.954. The van der Waals surface area contributed by atoms with Crippen molar-refractivity contribution in [1.82, 2.24) is 14.8 Å². The minimum absolute atomic E-state index is 0.0800. The molecule has 1 amide bonds. The maximum atomic E-state index is 12.2. The molecular formula is C18H18N4O2S. The van der Waals surface area contributed by atoms with Gasteiger partial charge in [0.25, 0.3) is 0 Å². The Morgan fingerprint density at radius 2 is 1.96 bits per heavy atom. The lowest BCUT2D eigenvalue weighted by molar-refractivity contribution is -0.113. The SMILES string of the molecule is COc1ccc(-n2cnnc2SCC(=O)Nc2ccccc2C)cc1. The number of hydrogen-bond donors (Lipinski definition) is 1. The van der Waals surface area contributed by atoms with Crippen molar-refractivity contribution in [1.29, 1.82) is 0 Å². The Balaban J connectivity index is 1.65. The molecule has 0 spiro atoms. The van der Waals surface area contributed by atoms with Crippen LogP contribution in [0.4, 0.5) is 5.69 Å². The third-order valence-corrected chi connectivity index (χ3v) is 4.56. The van der Waals surface area contributed by atoms with Crippen LogP contribution in [0.1, 0.15) is 5.56 Å². The Morgan fingerprint density at radius 1 is 1.20 bits per heavy atom. The quantitative estimate of drug-likeness (QED) is 0.688. The lowest BCUT2D eigenvalue weighted by Crippen LogP contribution is -2.15. The number of ether oxygens (including phenoxy) is 1. The second-order valence-corrected chi connectivity index (χ2v) is 6.28. The maximum Gasteiger partial charge on any atom is 0.234 e. The number of amides is 1. The van der Waals surface area contributed by atoms with Gasteiger partial charge in [0, 0.05) is 11.4 Å². The number of rotatable bonds is 6. The topological polar surface area (TPSA) is 69.0 Å². The third-order valence-electron chi connectivity index (χ3n) is 3.62. The molecule has 0 bridgehead atoms. The molecule has 0 atom stereocenters. The summed E-state index contributed by atoms with van der Waals surface area (Å²) < 4.78 is 7.00. The van der Waals surface area contributed by atoms with E-state index in [1.807, 2.05) is 60.0 Å². The Labute approximate surface area is 150 Å². The van der Waals surface area contributed by atoms with Gasteiger partial charge in [0.2, 0.25) is 5.91 Å². The van der Waals surface area contributed by atoms with Crippen LogP contribution in [0.5, 0.6) is 5.75 Å². The lowest BCUT2D eigenvalue weighted by atomic mass is 10.2. The minimum Gasteiger partial charge on any atom is -0.497 e. The molecule has 6 nitrogen and oxygen atoms in total. The van der Waals surface area contributed by atoms with Crippen molar-refractivity contribution in [2.24, 2.45) is 0 Å². The number of aryl methyl sites for hydroxylation is 1. The van der Waals surface area contributed by atoms with Crippen molar-refractivity contribution in [3.63, 3.8) is 0 Å². The van der Waals surface area contributed by atoms with Gasteiger partial charge in [-0.05, 0) is 42.8 Å². The Bertz CT molecular complexity index is 862. The summed E-state index contributed by atoms with van der Waals surface area (Å²) in [6, 6.07) is 15.3. The van der Waals surface area contributed by atoms with Crippen LogP contribution in [0.25, 0.3) is 5.69 Å². The van der Waals surface area contributed by atoms with Crippen LogP contribution >= 0.6 is 11.8 Å². The number of thioether (sulfide) groups is 1. The average molecular weight is 354 g/mol. The molecule has 3 aromatic rings. The number of hydrogen-bond acceptors (Lipinski definition) is 5.